The number of hydrogen-bond donors (Lipinski definition) is 2. The van der Waals surface area contributed by atoms with Crippen molar-refractivity contribution in [3.8, 4) is 0 Å². The van der Waals surface area contributed by atoms with E-state index in [1.54, 1.807) is 24.8 Å². The number of rotatable bonds is 9. The number of nitrogens with one attached hydrogen (secondary N) is 2. The van der Waals surface area contributed by atoms with Gasteiger partial charge in [0.15, 0.2) is 15.8 Å². The van der Waals surface area contributed by atoms with Gasteiger partial charge in [-0.3, -0.25) is 0 Å². The van der Waals surface area contributed by atoms with Gasteiger partial charge in [-0.2, -0.15) is 11.8 Å². The summed E-state index contributed by atoms with van der Waals surface area (Å²) < 4.78 is 36.4. The summed E-state index contributed by atoms with van der Waals surface area (Å²) in [6.45, 7) is 4.97. The third-order valence-corrected chi connectivity index (χ3v) is 5.67. The van der Waals surface area contributed by atoms with Crippen molar-refractivity contribution in [3.05, 3.63) is 35.1 Å². The summed E-state index contributed by atoms with van der Waals surface area (Å²) in [4.78, 5) is 4.47. The molecule has 144 valence electrons. The quantitative estimate of drug-likeness (QED) is 0.308. The number of sulfone groups is 1. The average molecular weight is 503 g/mol. The summed E-state index contributed by atoms with van der Waals surface area (Å²) in [5.41, 5.74) is 1.89. The lowest BCUT2D eigenvalue weighted by atomic mass is 10.1. The first-order valence-corrected chi connectivity index (χ1v) is 11.1. The molecule has 0 saturated heterocycles. The highest BCUT2D eigenvalue weighted by Crippen LogP contribution is 2.17. The molecule has 0 bridgehead atoms. The van der Waals surface area contributed by atoms with Crippen LogP contribution in [0.3, 0.4) is 0 Å². The number of aliphatic imine (C=N–C) groups is 1. The Kier molecular flexibility index (Phi) is 12.5. The van der Waals surface area contributed by atoms with Gasteiger partial charge in [0, 0.05) is 24.6 Å². The highest BCUT2D eigenvalue weighted by molar-refractivity contribution is 14.0. The van der Waals surface area contributed by atoms with Crippen LogP contribution < -0.4 is 10.6 Å². The van der Waals surface area contributed by atoms with Gasteiger partial charge < -0.3 is 10.6 Å². The molecule has 1 aromatic carbocycles. The molecule has 0 spiro atoms. The van der Waals surface area contributed by atoms with E-state index in [0.717, 1.165) is 16.9 Å². The second-order valence-electron chi connectivity index (χ2n) is 5.20. The number of halogens is 2. The van der Waals surface area contributed by atoms with Gasteiger partial charge in [-0.15, -0.1) is 24.0 Å². The minimum absolute atomic E-state index is 0. The van der Waals surface area contributed by atoms with Crippen molar-refractivity contribution in [1.29, 1.82) is 0 Å². The molecule has 0 saturated carbocycles. The predicted molar refractivity (Wildman–Crippen MR) is 116 cm³/mol. The van der Waals surface area contributed by atoms with Gasteiger partial charge >= 0.3 is 0 Å². The summed E-state index contributed by atoms with van der Waals surface area (Å²) in [6.07, 6.45) is 1.97. The van der Waals surface area contributed by atoms with Gasteiger partial charge in [-0.1, -0.05) is 13.0 Å². The highest BCUT2D eigenvalue weighted by Gasteiger charge is 2.08. The van der Waals surface area contributed by atoms with Gasteiger partial charge in [-0.25, -0.2) is 17.8 Å². The van der Waals surface area contributed by atoms with E-state index in [1.807, 2.05) is 13.2 Å². The summed E-state index contributed by atoms with van der Waals surface area (Å²) in [5, 5.41) is 6.11. The zero-order valence-electron chi connectivity index (χ0n) is 14.8. The molecule has 0 heterocycles. The first-order chi connectivity index (χ1) is 11.4. The van der Waals surface area contributed by atoms with Gasteiger partial charge in [0.1, 0.15) is 5.82 Å². The Bertz CT molecular complexity index is 655. The lowest BCUT2D eigenvalue weighted by Crippen LogP contribution is -2.39. The lowest BCUT2D eigenvalue weighted by Gasteiger charge is -2.12. The average Bonchev–Trinajstić information content (AvgIpc) is 2.54. The van der Waals surface area contributed by atoms with Crippen molar-refractivity contribution < 1.29 is 12.8 Å². The molecule has 0 unspecified atom stereocenters. The molecule has 1 rings (SSSR count). The van der Waals surface area contributed by atoms with E-state index in [0.29, 0.717) is 25.6 Å². The fraction of sp³-hybridized carbons (Fsp3) is 0.562. The van der Waals surface area contributed by atoms with Gasteiger partial charge in [0.25, 0.3) is 0 Å². The maximum Gasteiger partial charge on any atom is 0.191 e. The van der Waals surface area contributed by atoms with Crippen LogP contribution >= 0.6 is 35.7 Å². The van der Waals surface area contributed by atoms with Crippen molar-refractivity contribution in [1.82, 2.24) is 10.6 Å². The molecule has 0 amide bonds. The molecule has 5 nitrogen and oxygen atoms in total. The van der Waals surface area contributed by atoms with E-state index in [1.165, 1.54) is 12.1 Å². The molecule has 0 aromatic heterocycles. The normalized spacial score (nSPS) is 11.8. The predicted octanol–water partition coefficient (Wildman–Crippen LogP) is 2.80. The largest absolute Gasteiger partial charge is 0.357 e. The zero-order valence-corrected chi connectivity index (χ0v) is 18.8. The summed E-state index contributed by atoms with van der Waals surface area (Å²) in [7, 11) is -3.01. The fourth-order valence-electron chi connectivity index (χ4n) is 2.01. The van der Waals surface area contributed by atoms with Crippen LogP contribution in [0.1, 0.15) is 25.0 Å². The second-order valence-corrected chi connectivity index (χ2v) is 8.54. The van der Waals surface area contributed by atoms with Gasteiger partial charge in [0.05, 0.1) is 12.3 Å². The number of guanidine groups is 1. The molecule has 1 aromatic rings. The van der Waals surface area contributed by atoms with Crippen molar-refractivity contribution in [3.63, 3.8) is 0 Å². The summed E-state index contributed by atoms with van der Waals surface area (Å²) >= 11 is 1.63. The van der Waals surface area contributed by atoms with Crippen LogP contribution in [0.5, 0.6) is 0 Å². The maximum absolute atomic E-state index is 13.4. The zero-order chi connectivity index (χ0) is 18.0. The van der Waals surface area contributed by atoms with E-state index < -0.39 is 9.84 Å². The first kappa shape index (κ1) is 24.5. The van der Waals surface area contributed by atoms with Crippen LogP contribution in [0, 0.1) is 5.82 Å². The van der Waals surface area contributed by atoms with Crippen LogP contribution in [0.15, 0.2) is 23.2 Å². The smallest absolute Gasteiger partial charge is 0.191 e. The topological polar surface area (TPSA) is 70.6 Å². The second kappa shape index (κ2) is 12.7. The number of nitrogens with zero attached hydrogens (tertiary/aromatic N) is 1. The number of hydrogen-bond acceptors (Lipinski definition) is 4. The Hall–Kier alpha value is -0.550. The third kappa shape index (κ3) is 9.64. The van der Waals surface area contributed by atoms with E-state index in [2.05, 4.69) is 15.6 Å². The van der Waals surface area contributed by atoms with Crippen LogP contribution in [-0.2, 0) is 22.1 Å². The Morgan fingerprint density at radius 2 is 1.96 bits per heavy atom. The molecule has 2 N–H and O–H groups in total. The van der Waals surface area contributed by atoms with Crippen LogP contribution in [-0.4, -0.2) is 45.2 Å². The van der Waals surface area contributed by atoms with Crippen molar-refractivity contribution in [2.45, 2.75) is 26.1 Å². The van der Waals surface area contributed by atoms with E-state index >= 15 is 0 Å². The molecule has 0 aliphatic heterocycles. The minimum atomic E-state index is -3.01. The van der Waals surface area contributed by atoms with E-state index in [-0.39, 0.29) is 41.3 Å². The Balaban J connectivity index is 0.00000576. The van der Waals surface area contributed by atoms with Crippen molar-refractivity contribution in [2.24, 2.45) is 4.99 Å². The van der Waals surface area contributed by atoms with Crippen LogP contribution in [0.4, 0.5) is 4.39 Å². The SMILES string of the molecule is CCNC(=NCc1ccc(F)cc1CSC)NCCS(=O)(=O)CC.I. The van der Waals surface area contributed by atoms with E-state index in [9.17, 15) is 12.8 Å². The van der Waals surface area contributed by atoms with Gasteiger partial charge in [0.2, 0.25) is 0 Å². The van der Waals surface area contributed by atoms with Crippen molar-refractivity contribution >= 4 is 51.5 Å². The monoisotopic (exact) mass is 503 g/mol. The number of benzene rings is 1. The van der Waals surface area contributed by atoms with Gasteiger partial charge in [-0.05, 0) is 36.4 Å². The van der Waals surface area contributed by atoms with Crippen molar-refractivity contribution in [2.75, 3.05) is 30.9 Å². The Labute approximate surface area is 171 Å². The Morgan fingerprint density at radius 1 is 1.24 bits per heavy atom. The molecule has 0 fully saturated rings. The molecule has 0 aliphatic carbocycles. The highest BCUT2D eigenvalue weighted by atomic mass is 127. The molecule has 25 heavy (non-hydrogen) atoms. The summed E-state index contributed by atoms with van der Waals surface area (Å²) in [6, 6.07) is 4.72. The lowest BCUT2D eigenvalue weighted by molar-refractivity contribution is 0.595. The number of thioether (sulfide) groups is 1. The molecule has 0 aliphatic rings. The summed E-state index contributed by atoms with van der Waals surface area (Å²) in [5.74, 6) is 1.24. The van der Waals surface area contributed by atoms with Crippen LogP contribution in [0.2, 0.25) is 0 Å². The minimum Gasteiger partial charge on any atom is -0.357 e. The van der Waals surface area contributed by atoms with E-state index in [4.69, 9.17) is 0 Å². The molecule has 0 atom stereocenters. The molecular formula is C16H27FIN3O2S2. The molecule has 9 heteroatoms. The maximum atomic E-state index is 13.4. The first-order valence-electron chi connectivity index (χ1n) is 7.90. The Morgan fingerprint density at radius 3 is 2.56 bits per heavy atom. The molecular weight excluding hydrogens is 476 g/mol. The fourth-order valence-corrected chi connectivity index (χ4v) is 3.30. The standard InChI is InChI=1S/C16H26FN3O2S2.HI/c1-4-18-16(19-8-9-24(21,22)5-2)20-11-13-6-7-15(17)10-14(13)12-23-3;/h6-7,10H,4-5,8-9,11-12H2,1-3H3,(H2,18,19,20);1H. The van der Waals surface area contributed by atoms with Crippen LogP contribution in [0.25, 0.3) is 0 Å². The molecule has 0 radical (unpaired) electrons. The third-order valence-electron chi connectivity index (χ3n) is 3.37.